The Morgan fingerprint density at radius 1 is 0.923 bits per heavy atom. The Balaban J connectivity index is 1.40. The second-order valence-electron chi connectivity index (χ2n) is 7.05. The van der Waals surface area contributed by atoms with Gasteiger partial charge in [0.25, 0.3) is 0 Å². The van der Waals surface area contributed by atoms with E-state index < -0.39 is 0 Å². The molecule has 1 unspecified atom stereocenters. The highest BCUT2D eigenvalue weighted by molar-refractivity contribution is 5.73. The lowest BCUT2D eigenvalue weighted by molar-refractivity contribution is 0.0325. The van der Waals surface area contributed by atoms with Gasteiger partial charge in [0.2, 0.25) is 0 Å². The standard InChI is InChI=1S/C21H24N2O3/c1-3-18(22-5-9-24-10-6-22)14-20-16(1)13-17-2-4-19(15-21(17)26-20)23-7-11-25-12-8-23/h1-4,13-15,18H,5-12H2. The van der Waals surface area contributed by atoms with Crippen LogP contribution in [0.5, 0.6) is 5.75 Å². The summed E-state index contributed by atoms with van der Waals surface area (Å²) in [4.78, 5) is 4.80. The first-order valence-electron chi connectivity index (χ1n) is 9.45. The van der Waals surface area contributed by atoms with Crippen molar-refractivity contribution in [1.29, 1.82) is 0 Å². The SMILES string of the molecule is C1=CC(N2CCOCC2)C=C2Oc3cc(N4CCOCC4)ccc3C=C12. The van der Waals surface area contributed by atoms with E-state index in [0.29, 0.717) is 0 Å². The average molecular weight is 352 g/mol. The van der Waals surface area contributed by atoms with E-state index in [2.05, 4.69) is 52.3 Å². The molecule has 1 aromatic carbocycles. The van der Waals surface area contributed by atoms with Gasteiger partial charge in [-0.2, -0.15) is 0 Å². The number of benzene rings is 1. The van der Waals surface area contributed by atoms with Crippen molar-refractivity contribution in [2.24, 2.45) is 0 Å². The molecule has 0 aromatic heterocycles. The molecule has 2 fully saturated rings. The Hall–Kier alpha value is -2.08. The Morgan fingerprint density at radius 3 is 2.50 bits per heavy atom. The lowest BCUT2D eigenvalue weighted by Crippen LogP contribution is -2.42. The quantitative estimate of drug-likeness (QED) is 0.817. The van der Waals surface area contributed by atoms with Crippen molar-refractivity contribution in [2.75, 3.05) is 57.5 Å². The average Bonchev–Trinajstić information content (AvgIpc) is 2.73. The third-order valence-corrected chi connectivity index (χ3v) is 5.45. The molecule has 3 aliphatic heterocycles. The number of hydrogen-bond donors (Lipinski definition) is 0. The van der Waals surface area contributed by atoms with Gasteiger partial charge in [-0.05, 0) is 24.3 Å². The van der Waals surface area contributed by atoms with Gasteiger partial charge in [0.05, 0.1) is 32.5 Å². The van der Waals surface area contributed by atoms with E-state index in [-0.39, 0.29) is 6.04 Å². The minimum absolute atomic E-state index is 0.287. The van der Waals surface area contributed by atoms with Crippen LogP contribution in [0.25, 0.3) is 6.08 Å². The van der Waals surface area contributed by atoms with E-state index in [1.165, 1.54) is 5.69 Å². The molecular formula is C21H24N2O3. The molecule has 1 aliphatic carbocycles. The number of ether oxygens (including phenoxy) is 3. The molecule has 0 amide bonds. The molecule has 1 aromatic rings. The number of allylic oxidation sites excluding steroid dienone is 1. The first-order valence-corrected chi connectivity index (χ1v) is 9.45. The molecule has 0 spiro atoms. The van der Waals surface area contributed by atoms with Crippen LogP contribution in [0.15, 0.2) is 47.8 Å². The maximum absolute atomic E-state index is 6.31. The van der Waals surface area contributed by atoms with Crippen molar-refractivity contribution >= 4 is 11.8 Å². The fourth-order valence-electron chi connectivity index (χ4n) is 3.94. The second-order valence-corrected chi connectivity index (χ2v) is 7.05. The van der Waals surface area contributed by atoms with Crippen LogP contribution >= 0.6 is 0 Å². The van der Waals surface area contributed by atoms with Crippen LogP contribution in [0.2, 0.25) is 0 Å². The molecule has 4 aliphatic rings. The van der Waals surface area contributed by atoms with Crippen molar-refractivity contribution in [2.45, 2.75) is 6.04 Å². The Kier molecular flexibility index (Phi) is 4.28. The van der Waals surface area contributed by atoms with Gasteiger partial charge in [-0.1, -0.05) is 12.2 Å². The van der Waals surface area contributed by atoms with E-state index in [1.807, 2.05) is 0 Å². The number of fused-ring (bicyclic) bond motifs is 2. The number of hydrogen-bond acceptors (Lipinski definition) is 5. The Labute approximate surface area is 154 Å². The van der Waals surface area contributed by atoms with Crippen molar-refractivity contribution in [1.82, 2.24) is 4.90 Å². The van der Waals surface area contributed by atoms with E-state index in [1.54, 1.807) is 0 Å². The minimum atomic E-state index is 0.287. The predicted octanol–water partition coefficient (Wildman–Crippen LogP) is 2.45. The zero-order chi connectivity index (χ0) is 17.3. The van der Waals surface area contributed by atoms with Gasteiger partial charge in [-0.15, -0.1) is 0 Å². The third-order valence-electron chi connectivity index (χ3n) is 5.45. The molecule has 136 valence electrons. The summed E-state index contributed by atoms with van der Waals surface area (Å²) in [6, 6.07) is 6.79. The highest BCUT2D eigenvalue weighted by Gasteiger charge is 2.25. The van der Waals surface area contributed by atoms with Crippen LogP contribution in [0.1, 0.15) is 5.56 Å². The molecule has 2 saturated heterocycles. The molecule has 0 N–H and O–H groups in total. The lowest BCUT2D eigenvalue weighted by atomic mass is 9.97. The van der Waals surface area contributed by atoms with Crippen LogP contribution in [-0.4, -0.2) is 63.5 Å². The summed E-state index contributed by atoms with van der Waals surface area (Å²) in [6.45, 7) is 7.00. The monoisotopic (exact) mass is 352 g/mol. The summed E-state index contributed by atoms with van der Waals surface area (Å²) in [5, 5.41) is 0. The zero-order valence-electron chi connectivity index (χ0n) is 14.9. The van der Waals surface area contributed by atoms with Crippen molar-refractivity contribution in [3.05, 3.63) is 53.3 Å². The summed E-state index contributed by atoms with van der Waals surface area (Å²) in [5.41, 5.74) is 3.50. The molecule has 0 radical (unpaired) electrons. The fraction of sp³-hybridized carbons (Fsp3) is 0.429. The molecule has 1 atom stereocenters. The van der Waals surface area contributed by atoms with Crippen molar-refractivity contribution < 1.29 is 14.2 Å². The van der Waals surface area contributed by atoms with Gasteiger partial charge in [0.15, 0.2) is 0 Å². The summed E-state index contributed by atoms with van der Waals surface area (Å²) in [6.07, 6.45) is 8.91. The molecule has 0 saturated carbocycles. The lowest BCUT2D eigenvalue weighted by Gasteiger charge is -2.34. The summed E-state index contributed by atoms with van der Waals surface area (Å²) in [5.74, 6) is 1.91. The predicted molar refractivity (Wildman–Crippen MR) is 101 cm³/mol. The maximum atomic E-state index is 6.31. The molecule has 5 rings (SSSR count). The number of nitrogens with zero attached hydrogens (tertiary/aromatic N) is 2. The van der Waals surface area contributed by atoms with Crippen molar-refractivity contribution in [3.63, 3.8) is 0 Å². The van der Waals surface area contributed by atoms with Gasteiger partial charge >= 0.3 is 0 Å². The molecular weight excluding hydrogens is 328 g/mol. The van der Waals surface area contributed by atoms with Gasteiger partial charge in [-0.3, -0.25) is 4.90 Å². The summed E-state index contributed by atoms with van der Waals surface area (Å²) >= 11 is 0. The third kappa shape index (κ3) is 3.07. The van der Waals surface area contributed by atoms with Gasteiger partial charge in [-0.25, -0.2) is 0 Å². The largest absolute Gasteiger partial charge is 0.456 e. The van der Waals surface area contributed by atoms with E-state index in [4.69, 9.17) is 14.2 Å². The van der Waals surface area contributed by atoms with Crippen LogP contribution in [-0.2, 0) is 9.47 Å². The van der Waals surface area contributed by atoms with Crippen LogP contribution in [0.4, 0.5) is 5.69 Å². The van der Waals surface area contributed by atoms with Crippen LogP contribution in [0, 0.1) is 0 Å². The number of rotatable bonds is 2. The molecule has 0 bridgehead atoms. The Bertz CT molecular complexity index is 771. The summed E-state index contributed by atoms with van der Waals surface area (Å²) in [7, 11) is 0. The minimum Gasteiger partial charge on any atom is -0.456 e. The van der Waals surface area contributed by atoms with E-state index >= 15 is 0 Å². The van der Waals surface area contributed by atoms with Crippen LogP contribution < -0.4 is 9.64 Å². The molecule has 5 nitrogen and oxygen atoms in total. The van der Waals surface area contributed by atoms with E-state index in [9.17, 15) is 0 Å². The van der Waals surface area contributed by atoms with Crippen molar-refractivity contribution in [3.8, 4) is 5.75 Å². The second kappa shape index (κ2) is 6.91. The van der Waals surface area contributed by atoms with E-state index in [0.717, 1.165) is 75.3 Å². The first kappa shape index (κ1) is 16.1. The topological polar surface area (TPSA) is 34.2 Å². The highest BCUT2D eigenvalue weighted by atomic mass is 16.5. The van der Waals surface area contributed by atoms with Gasteiger partial charge in [0, 0.05) is 49.1 Å². The zero-order valence-corrected chi connectivity index (χ0v) is 14.9. The number of morpholine rings is 2. The highest BCUT2D eigenvalue weighted by Crippen LogP contribution is 2.37. The normalized spacial score (nSPS) is 25.7. The molecule has 26 heavy (non-hydrogen) atoms. The van der Waals surface area contributed by atoms with Crippen LogP contribution in [0.3, 0.4) is 0 Å². The maximum Gasteiger partial charge on any atom is 0.136 e. The van der Waals surface area contributed by atoms with Gasteiger partial charge < -0.3 is 19.1 Å². The fourth-order valence-corrected chi connectivity index (χ4v) is 3.94. The Morgan fingerprint density at radius 2 is 1.69 bits per heavy atom. The summed E-state index contributed by atoms with van der Waals surface area (Å²) < 4.78 is 17.2. The first-order chi connectivity index (χ1) is 12.9. The number of anilines is 1. The smallest absolute Gasteiger partial charge is 0.136 e. The molecule has 5 heteroatoms. The molecule has 3 heterocycles. The van der Waals surface area contributed by atoms with Gasteiger partial charge in [0.1, 0.15) is 11.5 Å².